The summed E-state index contributed by atoms with van der Waals surface area (Å²) in [6.07, 6.45) is -0.263. The summed E-state index contributed by atoms with van der Waals surface area (Å²) >= 11 is 6.32. The molecule has 0 radical (unpaired) electrons. The number of carboxylic acid groups (broad SMARTS) is 1. The van der Waals surface area contributed by atoms with Crippen molar-refractivity contribution in [3.05, 3.63) is 63.2 Å². The van der Waals surface area contributed by atoms with E-state index in [1.54, 1.807) is 24.3 Å². The molecule has 0 aliphatic heterocycles. The van der Waals surface area contributed by atoms with E-state index in [-0.39, 0.29) is 22.0 Å². The van der Waals surface area contributed by atoms with Crippen molar-refractivity contribution in [2.75, 3.05) is 7.11 Å². The van der Waals surface area contributed by atoms with E-state index in [0.29, 0.717) is 23.1 Å². The van der Waals surface area contributed by atoms with Gasteiger partial charge in [0.1, 0.15) is 5.75 Å². The Morgan fingerprint density at radius 3 is 2.48 bits per heavy atom. The standard InChI is InChI=1S/C16H14ClNO6S/c1-24-12-5-2-10(3-6-12)9-16(21,15(19)20)25-14-8-11(17)4-7-13(14)18(22)23/h2-8,21H,9H2,1H3,(H,19,20). The Balaban J connectivity index is 2.35. The Morgan fingerprint density at radius 1 is 1.32 bits per heavy atom. The number of hydrogen-bond acceptors (Lipinski definition) is 6. The first-order chi connectivity index (χ1) is 11.7. The fourth-order valence-corrected chi connectivity index (χ4v) is 3.44. The highest BCUT2D eigenvalue weighted by Gasteiger charge is 2.39. The van der Waals surface area contributed by atoms with Gasteiger partial charge in [0.05, 0.1) is 16.9 Å². The molecule has 132 valence electrons. The monoisotopic (exact) mass is 383 g/mol. The van der Waals surface area contributed by atoms with Gasteiger partial charge in [0.25, 0.3) is 5.69 Å². The van der Waals surface area contributed by atoms with Gasteiger partial charge >= 0.3 is 5.97 Å². The van der Waals surface area contributed by atoms with E-state index in [0.717, 1.165) is 0 Å². The molecule has 0 heterocycles. The molecule has 0 aliphatic rings. The number of hydrogen-bond donors (Lipinski definition) is 2. The van der Waals surface area contributed by atoms with E-state index in [2.05, 4.69) is 0 Å². The number of ether oxygens (including phenoxy) is 1. The topological polar surface area (TPSA) is 110 Å². The normalized spacial score (nSPS) is 13.1. The van der Waals surface area contributed by atoms with Crippen LogP contribution in [0.15, 0.2) is 47.4 Å². The number of benzene rings is 2. The van der Waals surface area contributed by atoms with Crippen molar-refractivity contribution in [1.29, 1.82) is 0 Å². The van der Waals surface area contributed by atoms with Crippen LogP contribution >= 0.6 is 23.4 Å². The summed E-state index contributed by atoms with van der Waals surface area (Å²) < 4.78 is 5.02. The molecular weight excluding hydrogens is 370 g/mol. The molecule has 0 fully saturated rings. The number of carboxylic acids is 1. The van der Waals surface area contributed by atoms with Gasteiger partial charge in [0, 0.05) is 17.5 Å². The number of carbonyl (C=O) groups is 1. The van der Waals surface area contributed by atoms with Gasteiger partial charge in [0.2, 0.25) is 4.93 Å². The van der Waals surface area contributed by atoms with Crippen LogP contribution in [0.4, 0.5) is 5.69 Å². The molecule has 0 saturated heterocycles. The second kappa shape index (κ2) is 7.73. The van der Waals surface area contributed by atoms with Gasteiger partial charge in [-0.3, -0.25) is 10.1 Å². The molecule has 2 N–H and O–H groups in total. The van der Waals surface area contributed by atoms with Crippen LogP contribution in [0.3, 0.4) is 0 Å². The minimum absolute atomic E-state index is 0.0316. The lowest BCUT2D eigenvalue weighted by Gasteiger charge is -2.23. The first kappa shape index (κ1) is 19.0. The summed E-state index contributed by atoms with van der Waals surface area (Å²) in [6.45, 7) is 0. The molecule has 0 saturated carbocycles. The Morgan fingerprint density at radius 2 is 1.96 bits per heavy atom. The maximum atomic E-state index is 11.6. The molecule has 1 atom stereocenters. The first-order valence-electron chi connectivity index (χ1n) is 6.97. The van der Waals surface area contributed by atoms with Crippen LogP contribution in [-0.2, 0) is 11.2 Å². The van der Waals surface area contributed by atoms with Crippen LogP contribution in [0.2, 0.25) is 5.02 Å². The Bertz CT molecular complexity index is 798. The van der Waals surface area contributed by atoms with Gasteiger partial charge in [-0.2, -0.15) is 0 Å². The molecule has 9 heteroatoms. The fourth-order valence-electron chi connectivity index (χ4n) is 2.08. The Hall–Kier alpha value is -2.29. The van der Waals surface area contributed by atoms with Crippen LogP contribution in [-0.4, -0.2) is 33.1 Å². The van der Waals surface area contributed by atoms with Crippen LogP contribution in [0.1, 0.15) is 5.56 Å². The van der Waals surface area contributed by atoms with E-state index in [9.17, 15) is 25.1 Å². The lowest BCUT2D eigenvalue weighted by molar-refractivity contribution is -0.387. The summed E-state index contributed by atoms with van der Waals surface area (Å²) in [7, 11) is 1.50. The minimum Gasteiger partial charge on any atom is -0.497 e. The third-order valence-corrected chi connectivity index (χ3v) is 4.77. The average Bonchev–Trinajstić information content (AvgIpc) is 2.55. The predicted molar refractivity (Wildman–Crippen MR) is 93.2 cm³/mol. The van der Waals surface area contributed by atoms with Crippen LogP contribution in [0.25, 0.3) is 0 Å². The number of halogens is 1. The van der Waals surface area contributed by atoms with Gasteiger partial charge in [-0.1, -0.05) is 35.5 Å². The molecule has 2 rings (SSSR count). The summed E-state index contributed by atoms with van der Waals surface area (Å²) in [5.41, 5.74) is 0.201. The second-order valence-electron chi connectivity index (χ2n) is 5.09. The first-order valence-corrected chi connectivity index (χ1v) is 8.16. The largest absolute Gasteiger partial charge is 0.497 e. The number of methoxy groups -OCH3 is 1. The number of thioether (sulfide) groups is 1. The van der Waals surface area contributed by atoms with E-state index in [4.69, 9.17) is 16.3 Å². The zero-order chi connectivity index (χ0) is 18.6. The van der Waals surface area contributed by atoms with E-state index in [1.807, 2.05) is 0 Å². The number of aliphatic carboxylic acids is 1. The fraction of sp³-hybridized carbons (Fsp3) is 0.188. The summed E-state index contributed by atoms with van der Waals surface area (Å²) in [5.74, 6) is -0.927. The lowest BCUT2D eigenvalue weighted by atomic mass is 10.1. The van der Waals surface area contributed by atoms with Gasteiger partial charge in [-0.05, 0) is 29.8 Å². The molecule has 1 unspecified atom stereocenters. The van der Waals surface area contributed by atoms with E-state index < -0.39 is 15.8 Å². The second-order valence-corrected chi connectivity index (χ2v) is 6.84. The van der Waals surface area contributed by atoms with Crippen LogP contribution < -0.4 is 4.74 Å². The molecule has 2 aromatic carbocycles. The van der Waals surface area contributed by atoms with Gasteiger partial charge in [0.15, 0.2) is 0 Å². The molecule has 7 nitrogen and oxygen atoms in total. The highest BCUT2D eigenvalue weighted by atomic mass is 35.5. The summed E-state index contributed by atoms with van der Waals surface area (Å²) in [4.78, 5) is 19.8. The lowest BCUT2D eigenvalue weighted by Crippen LogP contribution is -2.37. The van der Waals surface area contributed by atoms with Crippen molar-refractivity contribution >= 4 is 35.0 Å². The third-order valence-electron chi connectivity index (χ3n) is 3.33. The number of aliphatic hydroxyl groups is 1. The van der Waals surface area contributed by atoms with Crippen LogP contribution in [0, 0.1) is 10.1 Å². The molecule has 0 bridgehead atoms. The summed E-state index contributed by atoms with van der Waals surface area (Å²) in [5, 5.41) is 31.4. The molecule has 0 aliphatic carbocycles. The number of nitro benzene ring substituents is 1. The molecule has 0 spiro atoms. The molecule has 0 aromatic heterocycles. The van der Waals surface area contributed by atoms with Gasteiger partial charge < -0.3 is 14.9 Å². The number of nitro groups is 1. The highest BCUT2D eigenvalue weighted by molar-refractivity contribution is 8.01. The highest BCUT2D eigenvalue weighted by Crippen LogP contribution is 2.40. The zero-order valence-corrected chi connectivity index (χ0v) is 14.6. The number of nitrogens with zero attached hydrogens (tertiary/aromatic N) is 1. The molecular formula is C16H14ClNO6S. The SMILES string of the molecule is COc1ccc(CC(O)(Sc2cc(Cl)ccc2[N+](=O)[O-])C(=O)O)cc1. The van der Waals surface area contributed by atoms with Crippen molar-refractivity contribution in [2.24, 2.45) is 0 Å². The van der Waals surface area contributed by atoms with Gasteiger partial charge in [-0.15, -0.1) is 0 Å². The smallest absolute Gasteiger partial charge is 0.347 e. The van der Waals surface area contributed by atoms with E-state index >= 15 is 0 Å². The maximum absolute atomic E-state index is 11.6. The maximum Gasteiger partial charge on any atom is 0.347 e. The van der Waals surface area contributed by atoms with Crippen molar-refractivity contribution in [1.82, 2.24) is 0 Å². The molecule has 0 amide bonds. The van der Waals surface area contributed by atoms with Crippen molar-refractivity contribution < 1.29 is 24.7 Å². The van der Waals surface area contributed by atoms with Crippen LogP contribution in [0.5, 0.6) is 5.75 Å². The zero-order valence-electron chi connectivity index (χ0n) is 13.0. The molecule has 2 aromatic rings. The predicted octanol–water partition coefficient (Wildman–Crippen LogP) is 3.36. The van der Waals surface area contributed by atoms with E-state index in [1.165, 1.54) is 25.3 Å². The quantitative estimate of drug-likeness (QED) is 0.326. The number of rotatable bonds is 7. The van der Waals surface area contributed by atoms with Crippen molar-refractivity contribution in [3.8, 4) is 5.75 Å². The average molecular weight is 384 g/mol. The Labute approximate surface area is 152 Å². The Kier molecular flexibility index (Phi) is 5.89. The van der Waals surface area contributed by atoms with Gasteiger partial charge in [-0.25, -0.2) is 4.79 Å². The summed E-state index contributed by atoms with van der Waals surface area (Å²) in [6, 6.07) is 10.2. The molecule has 25 heavy (non-hydrogen) atoms. The van der Waals surface area contributed by atoms with Crippen molar-refractivity contribution in [3.63, 3.8) is 0 Å². The third kappa shape index (κ3) is 4.62. The van der Waals surface area contributed by atoms with Crippen molar-refractivity contribution in [2.45, 2.75) is 16.2 Å². The minimum atomic E-state index is -2.30.